The first-order valence-electron chi connectivity index (χ1n) is 7.97. The highest BCUT2D eigenvalue weighted by Crippen LogP contribution is 2.24. The molecule has 0 heterocycles. The van der Waals surface area contributed by atoms with Crippen molar-refractivity contribution >= 4 is 28.1 Å². The summed E-state index contributed by atoms with van der Waals surface area (Å²) in [5.41, 5.74) is 1.84. The SMILES string of the molecule is CN(c1ccc(Cl)cc1)C(C)(C)C#Cc1ccc2ccccc2c1. The van der Waals surface area contributed by atoms with Gasteiger partial charge in [0.25, 0.3) is 0 Å². The van der Waals surface area contributed by atoms with Gasteiger partial charge in [-0.3, -0.25) is 0 Å². The molecule has 2 heteroatoms. The van der Waals surface area contributed by atoms with E-state index in [1.54, 1.807) is 0 Å². The van der Waals surface area contributed by atoms with Gasteiger partial charge in [0.1, 0.15) is 0 Å². The predicted octanol–water partition coefficient (Wildman–Crippen LogP) is 5.76. The van der Waals surface area contributed by atoms with Gasteiger partial charge in [0, 0.05) is 23.3 Å². The van der Waals surface area contributed by atoms with Crippen LogP contribution in [-0.2, 0) is 0 Å². The molecule has 1 nitrogen and oxygen atoms in total. The van der Waals surface area contributed by atoms with Crippen molar-refractivity contribution in [2.45, 2.75) is 19.4 Å². The van der Waals surface area contributed by atoms with Crippen LogP contribution in [-0.4, -0.2) is 12.6 Å². The van der Waals surface area contributed by atoms with Crippen LogP contribution in [0, 0.1) is 11.8 Å². The van der Waals surface area contributed by atoms with Crippen molar-refractivity contribution in [1.82, 2.24) is 0 Å². The van der Waals surface area contributed by atoms with E-state index in [-0.39, 0.29) is 5.54 Å². The van der Waals surface area contributed by atoms with E-state index in [0.717, 1.165) is 16.3 Å². The molecule has 0 aliphatic carbocycles. The summed E-state index contributed by atoms with van der Waals surface area (Å²) in [4.78, 5) is 2.16. The molecule has 24 heavy (non-hydrogen) atoms. The van der Waals surface area contributed by atoms with E-state index >= 15 is 0 Å². The Morgan fingerprint density at radius 1 is 0.875 bits per heavy atom. The van der Waals surface area contributed by atoms with Gasteiger partial charge in [0.2, 0.25) is 0 Å². The van der Waals surface area contributed by atoms with Crippen molar-refractivity contribution in [1.29, 1.82) is 0 Å². The molecular weight excluding hydrogens is 314 g/mol. The topological polar surface area (TPSA) is 3.24 Å². The fourth-order valence-electron chi connectivity index (χ4n) is 2.56. The summed E-state index contributed by atoms with van der Waals surface area (Å²) in [6, 6.07) is 22.5. The Morgan fingerprint density at radius 2 is 1.54 bits per heavy atom. The van der Waals surface area contributed by atoms with E-state index in [1.807, 2.05) is 24.3 Å². The second kappa shape index (κ2) is 6.59. The normalized spacial score (nSPS) is 11.0. The zero-order valence-corrected chi connectivity index (χ0v) is 14.9. The number of hydrogen-bond donors (Lipinski definition) is 0. The Bertz CT molecular complexity index is 914. The second-order valence-electron chi connectivity index (χ2n) is 6.41. The maximum atomic E-state index is 5.97. The van der Waals surface area contributed by atoms with Gasteiger partial charge in [-0.15, -0.1) is 0 Å². The number of nitrogens with zero attached hydrogens (tertiary/aromatic N) is 1. The maximum absolute atomic E-state index is 5.97. The van der Waals surface area contributed by atoms with Crippen molar-refractivity contribution in [3.05, 3.63) is 77.3 Å². The van der Waals surface area contributed by atoms with Gasteiger partial charge < -0.3 is 4.90 Å². The standard InChI is InChI=1S/C22H20ClN/c1-22(2,24(3)21-12-10-20(23)11-13-21)15-14-17-8-9-18-6-4-5-7-19(18)16-17/h4-13,16H,1-3H3. The van der Waals surface area contributed by atoms with E-state index in [9.17, 15) is 0 Å². The molecule has 120 valence electrons. The molecule has 0 amide bonds. The molecule has 0 aliphatic heterocycles. The summed E-state index contributed by atoms with van der Waals surface area (Å²) in [6.07, 6.45) is 0. The number of rotatable bonds is 2. The van der Waals surface area contributed by atoms with Crippen molar-refractivity contribution in [3.8, 4) is 11.8 Å². The molecule has 0 aliphatic rings. The highest BCUT2D eigenvalue weighted by Gasteiger charge is 2.21. The molecule has 0 saturated heterocycles. The van der Waals surface area contributed by atoms with Crippen LogP contribution in [0.1, 0.15) is 19.4 Å². The second-order valence-corrected chi connectivity index (χ2v) is 6.84. The summed E-state index contributed by atoms with van der Waals surface area (Å²) in [5.74, 6) is 6.72. The van der Waals surface area contributed by atoms with Crippen LogP contribution in [0.3, 0.4) is 0 Å². The van der Waals surface area contributed by atoms with Crippen LogP contribution in [0.4, 0.5) is 5.69 Å². The summed E-state index contributed by atoms with van der Waals surface area (Å²) in [7, 11) is 2.05. The molecule has 0 radical (unpaired) electrons. The lowest BCUT2D eigenvalue weighted by Crippen LogP contribution is -2.39. The molecule has 0 spiro atoms. The summed E-state index contributed by atoms with van der Waals surface area (Å²) < 4.78 is 0. The van der Waals surface area contributed by atoms with Crippen LogP contribution in [0.5, 0.6) is 0 Å². The molecule has 0 atom stereocenters. The van der Waals surface area contributed by atoms with E-state index in [4.69, 9.17) is 11.6 Å². The zero-order valence-electron chi connectivity index (χ0n) is 14.2. The molecule has 0 unspecified atom stereocenters. The van der Waals surface area contributed by atoms with Gasteiger partial charge in [0.05, 0.1) is 5.54 Å². The Labute approximate surface area is 148 Å². The molecule has 0 saturated carbocycles. The molecule has 3 rings (SSSR count). The monoisotopic (exact) mass is 333 g/mol. The van der Waals surface area contributed by atoms with Gasteiger partial charge in [-0.05, 0) is 61.0 Å². The molecule has 3 aromatic rings. The third-order valence-corrected chi connectivity index (χ3v) is 4.57. The Hall–Kier alpha value is -2.43. The quantitative estimate of drug-likeness (QED) is 0.539. The lowest BCUT2D eigenvalue weighted by molar-refractivity contribution is 0.625. The van der Waals surface area contributed by atoms with Crippen LogP contribution < -0.4 is 4.90 Å². The maximum Gasteiger partial charge on any atom is 0.0956 e. The predicted molar refractivity (Wildman–Crippen MR) is 105 cm³/mol. The highest BCUT2D eigenvalue weighted by atomic mass is 35.5. The lowest BCUT2D eigenvalue weighted by Gasteiger charge is -2.33. The van der Waals surface area contributed by atoms with Gasteiger partial charge in [-0.2, -0.15) is 0 Å². The van der Waals surface area contributed by atoms with Crippen molar-refractivity contribution in [3.63, 3.8) is 0 Å². The highest BCUT2D eigenvalue weighted by molar-refractivity contribution is 6.30. The van der Waals surface area contributed by atoms with E-state index < -0.39 is 0 Å². The van der Waals surface area contributed by atoms with Gasteiger partial charge in [-0.25, -0.2) is 0 Å². The fourth-order valence-corrected chi connectivity index (χ4v) is 2.69. The van der Waals surface area contributed by atoms with E-state index in [1.165, 1.54) is 10.8 Å². The van der Waals surface area contributed by atoms with Gasteiger partial charge in [-0.1, -0.05) is 53.8 Å². The third kappa shape index (κ3) is 3.55. The largest absolute Gasteiger partial charge is 0.359 e. The van der Waals surface area contributed by atoms with Crippen LogP contribution in [0.15, 0.2) is 66.7 Å². The number of fused-ring (bicyclic) bond motifs is 1. The molecule has 3 aromatic carbocycles. The smallest absolute Gasteiger partial charge is 0.0956 e. The minimum Gasteiger partial charge on any atom is -0.359 e. The lowest BCUT2D eigenvalue weighted by atomic mass is 10.0. The first-order valence-corrected chi connectivity index (χ1v) is 8.35. The fraction of sp³-hybridized carbons (Fsp3) is 0.182. The third-order valence-electron chi connectivity index (χ3n) is 4.31. The van der Waals surface area contributed by atoms with Crippen LogP contribution in [0.2, 0.25) is 5.02 Å². The average molecular weight is 334 g/mol. The summed E-state index contributed by atoms with van der Waals surface area (Å²) in [5, 5.41) is 3.20. The summed E-state index contributed by atoms with van der Waals surface area (Å²) >= 11 is 5.97. The van der Waals surface area contributed by atoms with Gasteiger partial charge >= 0.3 is 0 Å². The Morgan fingerprint density at radius 3 is 2.25 bits per heavy atom. The van der Waals surface area contributed by atoms with Crippen LogP contribution >= 0.6 is 11.6 Å². The zero-order chi connectivity index (χ0) is 17.2. The number of benzene rings is 3. The molecule has 0 aromatic heterocycles. The Kier molecular flexibility index (Phi) is 4.51. The van der Waals surface area contributed by atoms with Gasteiger partial charge in [0.15, 0.2) is 0 Å². The van der Waals surface area contributed by atoms with Crippen molar-refractivity contribution in [2.75, 3.05) is 11.9 Å². The van der Waals surface area contributed by atoms with Crippen molar-refractivity contribution < 1.29 is 0 Å². The van der Waals surface area contributed by atoms with Crippen molar-refractivity contribution in [2.24, 2.45) is 0 Å². The first-order chi connectivity index (χ1) is 11.5. The minimum absolute atomic E-state index is 0.292. The Balaban J connectivity index is 1.87. The number of halogens is 1. The summed E-state index contributed by atoms with van der Waals surface area (Å²) in [6.45, 7) is 4.24. The molecule has 0 fully saturated rings. The molecule has 0 N–H and O–H groups in total. The first kappa shape index (κ1) is 16.4. The number of anilines is 1. The van der Waals surface area contributed by atoms with Crippen LogP contribution in [0.25, 0.3) is 10.8 Å². The van der Waals surface area contributed by atoms with E-state index in [2.05, 4.69) is 80.1 Å². The molecule has 0 bridgehead atoms. The molecular formula is C22H20ClN. The van der Waals surface area contributed by atoms with E-state index in [0.29, 0.717) is 0 Å². The average Bonchev–Trinajstić information content (AvgIpc) is 2.60. The minimum atomic E-state index is -0.292. The number of hydrogen-bond acceptors (Lipinski definition) is 1.